The van der Waals surface area contributed by atoms with E-state index in [2.05, 4.69) is 20.0 Å². The van der Waals surface area contributed by atoms with E-state index in [4.69, 9.17) is 4.74 Å². The van der Waals surface area contributed by atoms with Crippen LogP contribution in [-0.2, 0) is 24.8 Å². The Morgan fingerprint density at radius 3 is 2.06 bits per heavy atom. The Labute approximate surface area is 210 Å². The van der Waals surface area contributed by atoms with Gasteiger partial charge < -0.3 is 10.1 Å². The first-order chi connectivity index (χ1) is 16.9. The number of nitrogens with one attached hydrogen (secondary N) is 2. The Morgan fingerprint density at radius 1 is 0.944 bits per heavy atom. The van der Waals surface area contributed by atoms with Crippen LogP contribution in [0.4, 0.5) is 17.3 Å². The van der Waals surface area contributed by atoms with Crippen molar-refractivity contribution < 1.29 is 26.4 Å². The predicted molar refractivity (Wildman–Crippen MR) is 137 cm³/mol. The lowest BCUT2D eigenvalue weighted by Gasteiger charge is -2.22. The van der Waals surface area contributed by atoms with Crippen molar-refractivity contribution in [2.24, 2.45) is 0 Å². The summed E-state index contributed by atoms with van der Waals surface area (Å²) in [5.41, 5.74) is 1.83. The monoisotopic (exact) mass is 533 g/mol. The zero-order chi connectivity index (χ0) is 26.5. The number of ether oxygens (including phenoxy) is 1. The molecule has 36 heavy (non-hydrogen) atoms. The first kappa shape index (κ1) is 26.9. The SMILES string of the molecule is CCOc1ccc(N(CC(=O)Nc2ccc(S(=O)(=O)Nc3nc(C)cc(C)n3)cc2)S(C)(=O)=O)cc1. The Hall–Kier alpha value is -3.71. The van der Waals surface area contributed by atoms with Gasteiger partial charge in [0, 0.05) is 17.1 Å². The van der Waals surface area contributed by atoms with Crippen molar-refractivity contribution in [3.8, 4) is 5.75 Å². The predicted octanol–water partition coefficient (Wildman–Crippen LogP) is 2.70. The molecule has 1 heterocycles. The van der Waals surface area contributed by atoms with E-state index in [1.165, 1.54) is 24.3 Å². The average molecular weight is 534 g/mol. The zero-order valence-electron chi connectivity index (χ0n) is 20.2. The van der Waals surface area contributed by atoms with Gasteiger partial charge in [-0.15, -0.1) is 0 Å². The summed E-state index contributed by atoms with van der Waals surface area (Å²) in [6, 6.07) is 13.5. The third kappa shape index (κ3) is 7.15. The number of anilines is 3. The maximum absolute atomic E-state index is 12.7. The van der Waals surface area contributed by atoms with Gasteiger partial charge in [-0.05, 0) is 75.4 Å². The summed E-state index contributed by atoms with van der Waals surface area (Å²) in [6.45, 7) is 5.28. The van der Waals surface area contributed by atoms with Crippen LogP contribution in [0.25, 0.3) is 0 Å². The van der Waals surface area contributed by atoms with E-state index in [-0.39, 0.29) is 10.8 Å². The number of nitrogens with zero attached hydrogens (tertiary/aromatic N) is 3. The molecule has 0 aliphatic carbocycles. The maximum Gasteiger partial charge on any atom is 0.264 e. The molecule has 192 valence electrons. The van der Waals surface area contributed by atoms with Crippen molar-refractivity contribution in [3.05, 3.63) is 66.0 Å². The summed E-state index contributed by atoms with van der Waals surface area (Å²) in [7, 11) is -7.72. The summed E-state index contributed by atoms with van der Waals surface area (Å²) < 4.78 is 58.6. The van der Waals surface area contributed by atoms with E-state index >= 15 is 0 Å². The third-order valence-corrected chi connectivity index (χ3v) is 7.26. The maximum atomic E-state index is 12.7. The van der Waals surface area contributed by atoms with Gasteiger partial charge >= 0.3 is 0 Å². The zero-order valence-corrected chi connectivity index (χ0v) is 21.9. The largest absolute Gasteiger partial charge is 0.494 e. The highest BCUT2D eigenvalue weighted by molar-refractivity contribution is 7.92. The van der Waals surface area contributed by atoms with Gasteiger partial charge in [-0.3, -0.25) is 9.10 Å². The van der Waals surface area contributed by atoms with E-state index in [1.54, 1.807) is 44.2 Å². The van der Waals surface area contributed by atoms with Crippen LogP contribution >= 0.6 is 0 Å². The van der Waals surface area contributed by atoms with Crippen LogP contribution in [0.3, 0.4) is 0 Å². The van der Waals surface area contributed by atoms with Crippen molar-refractivity contribution >= 4 is 43.3 Å². The van der Waals surface area contributed by atoms with Crippen LogP contribution in [0.5, 0.6) is 5.75 Å². The highest BCUT2D eigenvalue weighted by Crippen LogP contribution is 2.22. The molecule has 2 N–H and O–H groups in total. The number of amides is 1. The Bertz CT molecular complexity index is 1420. The van der Waals surface area contributed by atoms with Gasteiger partial charge in [-0.25, -0.2) is 31.5 Å². The third-order valence-electron chi connectivity index (χ3n) is 4.78. The number of aryl methyl sites for hydroxylation is 2. The summed E-state index contributed by atoms with van der Waals surface area (Å²) in [5, 5.41) is 2.58. The van der Waals surface area contributed by atoms with Crippen molar-refractivity contribution in [3.63, 3.8) is 0 Å². The molecule has 0 saturated heterocycles. The van der Waals surface area contributed by atoms with Crippen molar-refractivity contribution in [1.82, 2.24) is 9.97 Å². The summed E-state index contributed by atoms with van der Waals surface area (Å²) in [6.07, 6.45) is 1.00. The van der Waals surface area contributed by atoms with Gasteiger partial charge in [0.15, 0.2) is 0 Å². The van der Waals surface area contributed by atoms with E-state index < -0.39 is 32.5 Å². The van der Waals surface area contributed by atoms with Crippen LogP contribution in [0, 0.1) is 13.8 Å². The van der Waals surface area contributed by atoms with Gasteiger partial charge in [0.1, 0.15) is 12.3 Å². The number of sulfonamides is 2. The second-order valence-corrected chi connectivity index (χ2v) is 11.4. The molecular formula is C23H27N5O6S2. The van der Waals surface area contributed by atoms with E-state index in [9.17, 15) is 21.6 Å². The van der Waals surface area contributed by atoms with Crippen LogP contribution < -0.4 is 19.1 Å². The summed E-state index contributed by atoms with van der Waals surface area (Å²) in [5.74, 6) is -0.0699. The Balaban J connectivity index is 1.70. The standard InChI is InChI=1S/C23H27N5O6S2/c1-5-34-20-10-8-19(9-11-20)28(35(4,30)31)15-22(29)26-18-6-12-21(13-7-18)36(32,33)27-23-24-16(2)14-17(3)25-23/h6-14H,5,15H2,1-4H3,(H,26,29)(H,24,25,27). The molecule has 1 amide bonds. The van der Waals surface area contributed by atoms with Crippen molar-refractivity contribution in [2.75, 3.05) is 33.8 Å². The number of hydrogen-bond acceptors (Lipinski definition) is 8. The lowest BCUT2D eigenvalue weighted by atomic mass is 10.3. The fourth-order valence-electron chi connectivity index (χ4n) is 3.27. The topological polar surface area (TPSA) is 148 Å². The molecule has 0 aliphatic rings. The lowest BCUT2D eigenvalue weighted by molar-refractivity contribution is -0.114. The second-order valence-electron chi connectivity index (χ2n) is 7.85. The molecule has 3 rings (SSSR count). The molecule has 1 aromatic heterocycles. The molecule has 0 bridgehead atoms. The highest BCUT2D eigenvalue weighted by Gasteiger charge is 2.21. The molecule has 2 aromatic carbocycles. The Kier molecular flexibility index (Phi) is 8.15. The minimum absolute atomic E-state index is 0.0416. The quantitative estimate of drug-likeness (QED) is 0.404. The van der Waals surface area contributed by atoms with Gasteiger partial charge in [0.25, 0.3) is 10.0 Å². The molecule has 0 saturated carbocycles. The van der Waals surface area contributed by atoms with Gasteiger partial charge in [-0.2, -0.15) is 0 Å². The molecule has 0 unspecified atom stereocenters. The average Bonchev–Trinajstić information content (AvgIpc) is 2.77. The number of benzene rings is 2. The smallest absolute Gasteiger partial charge is 0.264 e. The number of carbonyl (C=O) groups excluding carboxylic acids is 1. The first-order valence-electron chi connectivity index (χ1n) is 10.8. The van der Waals surface area contributed by atoms with Crippen molar-refractivity contribution in [1.29, 1.82) is 0 Å². The highest BCUT2D eigenvalue weighted by atomic mass is 32.2. The number of aromatic nitrogens is 2. The molecule has 0 atom stereocenters. The van der Waals surface area contributed by atoms with Gasteiger partial charge in [0.2, 0.25) is 21.9 Å². The minimum Gasteiger partial charge on any atom is -0.494 e. The molecule has 11 nitrogen and oxygen atoms in total. The van der Waals surface area contributed by atoms with E-state index in [0.29, 0.717) is 35.1 Å². The van der Waals surface area contributed by atoms with Gasteiger partial charge in [0.05, 0.1) is 23.4 Å². The molecule has 0 aliphatic heterocycles. The molecule has 0 spiro atoms. The summed E-state index contributed by atoms with van der Waals surface area (Å²) in [4.78, 5) is 20.7. The fourth-order valence-corrected chi connectivity index (χ4v) is 5.07. The number of rotatable bonds is 10. The van der Waals surface area contributed by atoms with Crippen LogP contribution in [0.1, 0.15) is 18.3 Å². The molecule has 3 aromatic rings. The number of hydrogen-bond donors (Lipinski definition) is 2. The number of carbonyl (C=O) groups is 1. The van der Waals surface area contributed by atoms with Crippen LogP contribution in [0.2, 0.25) is 0 Å². The van der Waals surface area contributed by atoms with Crippen LogP contribution in [-0.4, -0.2) is 52.1 Å². The van der Waals surface area contributed by atoms with E-state index in [1.807, 2.05) is 6.92 Å². The fraction of sp³-hybridized carbons (Fsp3) is 0.261. The second kappa shape index (κ2) is 10.9. The molecule has 13 heteroatoms. The van der Waals surface area contributed by atoms with Crippen molar-refractivity contribution in [2.45, 2.75) is 25.7 Å². The molecule has 0 radical (unpaired) electrons. The summed E-state index contributed by atoms with van der Waals surface area (Å²) >= 11 is 0. The minimum atomic E-state index is -3.96. The molecule has 0 fully saturated rings. The Morgan fingerprint density at radius 2 is 1.53 bits per heavy atom. The van der Waals surface area contributed by atoms with Gasteiger partial charge in [-0.1, -0.05) is 0 Å². The normalized spacial score (nSPS) is 11.6. The first-order valence-corrected chi connectivity index (χ1v) is 14.2. The lowest BCUT2D eigenvalue weighted by Crippen LogP contribution is -2.37. The van der Waals surface area contributed by atoms with E-state index in [0.717, 1.165) is 10.6 Å². The molecular weight excluding hydrogens is 506 g/mol. The van der Waals surface area contributed by atoms with Crippen LogP contribution in [0.15, 0.2) is 59.5 Å².